The van der Waals surface area contributed by atoms with E-state index in [2.05, 4.69) is 9.97 Å². The van der Waals surface area contributed by atoms with Crippen LogP contribution in [0.25, 0.3) is 0 Å². The second kappa shape index (κ2) is 4.63. The molecule has 2 aromatic rings. The number of rotatable bonds is 2. The summed E-state index contributed by atoms with van der Waals surface area (Å²) in [5.74, 6) is 0. The summed E-state index contributed by atoms with van der Waals surface area (Å²) in [6.07, 6.45) is 2.87. The minimum Gasteiger partial charge on any atom is -0.293 e. The standard InChI is InChI=1S/C10H7Cl2N3O/c11-7-1-2-9(12)14-8(7)5-15-6-13-4-3-10(15)16/h1-4,6H,5H2. The zero-order chi connectivity index (χ0) is 11.5. The molecule has 0 fully saturated rings. The van der Waals surface area contributed by atoms with E-state index in [0.717, 1.165) is 0 Å². The Balaban J connectivity index is 2.38. The molecule has 0 saturated carbocycles. The van der Waals surface area contributed by atoms with Crippen molar-refractivity contribution in [1.82, 2.24) is 14.5 Å². The summed E-state index contributed by atoms with van der Waals surface area (Å²) in [6, 6.07) is 4.62. The fourth-order valence-electron chi connectivity index (χ4n) is 1.23. The van der Waals surface area contributed by atoms with Crippen LogP contribution in [-0.2, 0) is 6.54 Å². The first-order valence-electron chi connectivity index (χ1n) is 4.48. The summed E-state index contributed by atoms with van der Waals surface area (Å²) in [5.41, 5.74) is 0.386. The molecule has 4 nitrogen and oxygen atoms in total. The smallest absolute Gasteiger partial charge is 0.253 e. The maximum absolute atomic E-state index is 11.4. The maximum atomic E-state index is 11.4. The van der Waals surface area contributed by atoms with E-state index < -0.39 is 0 Å². The summed E-state index contributed by atoms with van der Waals surface area (Å²) < 4.78 is 1.41. The second-order valence-electron chi connectivity index (χ2n) is 3.11. The first-order chi connectivity index (χ1) is 7.66. The highest BCUT2D eigenvalue weighted by Gasteiger charge is 2.05. The monoisotopic (exact) mass is 255 g/mol. The molecule has 0 atom stereocenters. The highest BCUT2D eigenvalue weighted by molar-refractivity contribution is 6.32. The van der Waals surface area contributed by atoms with Gasteiger partial charge in [-0.3, -0.25) is 9.36 Å². The largest absolute Gasteiger partial charge is 0.293 e. The number of aromatic nitrogens is 3. The van der Waals surface area contributed by atoms with Gasteiger partial charge in [0.1, 0.15) is 5.15 Å². The minimum absolute atomic E-state index is 0.159. The third-order valence-corrected chi connectivity index (χ3v) is 2.55. The molecular formula is C10H7Cl2N3O. The number of hydrogen-bond donors (Lipinski definition) is 0. The molecule has 0 spiro atoms. The highest BCUT2D eigenvalue weighted by Crippen LogP contribution is 2.17. The summed E-state index contributed by atoms with van der Waals surface area (Å²) in [5, 5.41) is 0.816. The molecule has 0 amide bonds. The van der Waals surface area contributed by atoms with Crippen LogP contribution >= 0.6 is 23.2 Å². The molecule has 0 radical (unpaired) electrons. The Morgan fingerprint density at radius 2 is 2.06 bits per heavy atom. The van der Waals surface area contributed by atoms with Gasteiger partial charge in [-0.1, -0.05) is 23.2 Å². The van der Waals surface area contributed by atoms with E-state index in [1.807, 2.05) is 0 Å². The molecule has 0 aliphatic rings. The molecule has 6 heteroatoms. The van der Waals surface area contributed by atoms with Gasteiger partial charge < -0.3 is 0 Å². The number of nitrogens with zero attached hydrogens (tertiary/aromatic N) is 3. The van der Waals surface area contributed by atoms with E-state index >= 15 is 0 Å². The number of pyridine rings is 1. The molecule has 82 valence electrons. The quantitative estimate of drug-likeness (QED) is 0.772. The molecule has 2 heterocycles. The molecule has 2 aromatic heterocycles. The first kappa shape index (κ1) is 11.1. The lowest BCUT2D eigenvalue weighted by Gasteiger charge is -2.05. The van der Waals surface area contributed by atoms with Crippen molar-refractivity contribution in [2.45, 2.75) is 6.54 Å². The highest BCUT2D eigenvalue weighted by atomic mass is 35.5. The van der Waals surface area contributed by atoms with Crippen LogP contribution < -0.4 is 5.56 Å². The van der Waals surface area contributed by atoms with Crippen molar-refractivity contribution >= 4 is 23.2 Å². The van der Waals surface area contributed by atoms with Crippen LogP contribution in [0.5, 0.6) is 0 Å². The van der Waals surface area contributed by atoms with Gasteiger partial charge in [-0.25, -0.2) is 9.97 Å². The van der Waals surface area contributed by atoms with Gasteiger partial charge in [0.2, 0.25) is 0 Å². The summed E-state index contributed by atoms with van der Waals surface area (Å²) in [6.45, 7) is 0.256. The van der Waals surface area contributed by atoms with Gasteiger partial charge in [0.05, 0.1) is 23.6 Å². The predicted octanol–water partition coefficient (Wildman–Crippen LogP) is 1.99. The minimum atomic E-state index is -0.159. The SMILES string of the molecule is O=c1ccncn1Cc1nc(Cl)ccc1Cl. The van der Waals surface area contributed by atoms with Crippen molar-refractivity contribution in [2.24, 2.45) is 0 Å². The van der Waals surface area contributed by atoms with Crippen LogP contribution in [0.1, 0.15) is 5.69 Å². The molecule has 16 heavy (non-hydrogen) atoms. The summed E-state index contributed by atoms with van der Waals surface area (Å²) in [4.78, 5) is 19.3. The van der Waals surface area contributed by atoms with E-state index in [9.17, 15) is 4.79 Å². The maximum Gasteiger partial charge on any atom is 0.253 e. The van der Waals surface area contributed by atoms with Crippen LogP contribution in [0.4, 0.5) is 0 Å². The Morgan fingerprint density at radius 3 is 2.81 bits per heavy atom. The van der Waals surface area contributed by atoms with Crippen molar-refractivity contribution in [1.29, 1.82) is 0 Å². The van der Waals surface area contributed by atoms with Gasteiger partial charge in [0, 0.05) is 12.3 Å². The van der Waals surface area contributed by atoms with Crippen LogP contribution in [0.2, 0.25) is 10.2 Å². The van der Waals surface area contributed by atoms with Crippen LogP contribution in [0.3, 0.4) is 0 Å². The fraction of sp³-hybridized carbons (Fsp3) is 0.100. The van der Waals surface area contributed by atoms with E-state index in [4.69, 9.17) is 23.2 Å². The lowest BCUT2D eigenvalue weighted by atomic mass is 10.3. The summed E-state index contributed by atoms with van der Waals surface area (Å²) >= 11 is 11.7. The fourth-order valence-corrected chi connectivity index (χ4v) is 1.56. The molecule has 0 aliphatic heterocycles. The predicted molar refractivity (Wildman–Crippen MR) is 61.9 cm³/mol. The van der Waals surface area contributed by atoms with Crippen molar-refractivity contribution in [2.75, 3.05) is 0 Å². The van der Waals surface area contributed by atoms with Gasteiger partial charge in [-0.2, -0.15) is 0 Å². The molecular weight excluding hydrogens is 249 g/mol. The van der Waals surface area contributed by atoms with Crippen molar-refractivity contribution < 1.29 is 0 Å². The van der Waals surface area contributed by atoms with Crippen LogP contribution in [-0.4, -0.2) is 14.5 Å². The molecule has 0 aliphatic carbocycles. The lowest BCUT2D eigenvalue weighted by molar-refractivity contribution is 0.719. The van der Waals surface area contributed by atoms with E-state index in [1.54, 1.807) is 12.1 Å². The van der Waals surface area contributed by atoms with Crippen LogP contribution in [0, 0.1) is 0 Å². The number of halogens is 2. The first-order valence-corrected chi connectivity index (χ1v) is 5.24. The number of hydrogen-bond acceptors (Lipinski definition) is 3. The van der Waals surface area contributed by atoms with E-state index in [1.165, 1.54) is 23.2 Å². The molecule has 0 saturated heterocycles. The van der Waals surface area contributed by atoms with Crippen molar-refractivity contribution in [3.8, 4) is 0 Å². The van der Waals surface area contributed by atoms with Crippen LogP contribution in [0.15, 0.2) is 35.5 Å². The van der Waals surface area contributed by atoms with Crippen molar-refractivity contribution in [3.05, 3.63) is 56.9 Å². The normalized spacial score (nSPS) is 10.4. The van der Waals surface area contributed by atoms with Gasteiger partial charge in [-0.15, -0.1) is 0 Å². The van der Waals surface area contributed by atoms with E-state index in [-0.39, 0.29) is 12.1 Å². The Morgan fingerprint density at radius 1 is 1.25 bits per heavy atom. The summed E-state index contributed by atoms with van der Waals surface area (Å²) in [7, 11) is 0. The molecule has 0 bridgehead atoms. The Kier molecular flexibility index (Phi) is 3.22. The van der Waals surface area contributed by atoms with Gasteiger partial charge >= 0.3 is 0 Å². The zero-order valence-electron chi connectivity index (χ0n) is 8.10. The third kappa shape index (κ3) is 2.40. The zero-order valence-corrected chi connectivity index (χ0v) is 9.61. The Hall–Kier alpha value is -1.39. The average Bonchev–Trinajstić information content (AvgIpc) is 2.27. The van der Waals surface area contributed by atoms with E-state index in [0.29, 0.717) is 15.9 Å². The van der Waals surface area contributed by atoms with Gasteiger partial charge in [0.25, 0.3) is 5.56 Å². The molecule has 2 rings (SSSR count). The molecule has 0 aromatic carbocycles. The molecule has 0 N–H and O–H groups in total. The average molecular weight is 256 g/mol. The topological polar surface area (TPSA) is 47.8 Å². The van der Waals surface area contributed by atoms with Gasteiger partial charge in [0.15, 0.2) is 0 Å². The Bertz CT molecular complexity index is 568. The second-order valence-corrected chi connectivity index (χ2v) is 3.90. The molecule has 0 unspecified atom stereocenters. The van der Waals surface area contributed by atoms with Gasteiger partial charge in [-0.05, 0) is 12.1 Å². The van der Waals surface area contributed by atoms with Crippen molar-refractivity contribution in [3.63, 3.8) is 0 Å². The lowest BCUT2D eigenvalue weighted by Crippen LogP contribution is -2.20. The Labute approximate surface area is 101 Å². The third-order valence-electron chi connectivity index (χ3n) is 2.00.